The van der Waals surface area contributed by atoms with Crippen LogP contribution in [0.25, 0.3) is 0 Å². The summed E-state index contributed by atoms with van der Waals surface area (Å²) in [7, 11) is 0. The van der Waals surface area contributed by atoms with Gasteiger partial charge in [-0.1, -0.05) is 38.8 Å². The summed E-state index contributed by atoms with van der Waals surface area (Å²) in [6.45, 7) is 2.49. The number of nitrogens with one attached hydrogen (secondary N) is 1. The molecule has 0 aromatic heterocycles. The first-order chi connectivity index (χ1) is 9.17. The zero-order valence-electron chi connectivity index (χ0n) is 11.7. The second kappa shape index (κ2) is 8.86. The Morgan fingerprint density at radius 2 is 1.79 bits per heavy atom. The monoisotopic (exact) mass is 271 g/mol. The van der Waals surface area contributed by atoms with Crippen LogP contribution in [0.2, 0.25) is 0 Å². The Bertz CT molecular complexity index is 333. The maximum atomic E-state index is 12.1. The predicted molar refractivity (Wildman–Crippen MR) is 73.6 cm³/mol. The average molecular weight is 271 g/mol. The van der Waals surface area contributed by atoms with E-state index in [1.165, 1.54) is 0 Å². The normalized spacial score (nSPS) is 12.7. The molecule has 0 saturated heterocycles. The highest BCUT2D eigenvalue weighted by Crippen LogP contribution is 2.23. The molecular formula is C15H23F2NO. The van der Waals surface area contributed by atoms with E-state index in [9.17, 15) is 8.78 Å². The predicted octanol–water partition coefficient (Wildman–Crippen LogP) is 4.52. The van der Waals surface area contributed by atoms with Crippen molar-refractivity contribution >= 4 is 0 Å². The van der Waals surface area contributed by atoms with Crippen molar-refractivity contribution in [2.24, 2.45) is 0 Å². The topological polar surface area (TPSA) is 21.3 Å². The van der Waals surface area contributed by atoms with Crippen molar-refractivity contribution in [2.45, 2.75) is 52.2 Å². The molecule has 0 bridgehead atoms. The van der Waals surface area contributed by atoms with Crippen LogP contribution in [0.15, 0.2) is 24.3 Å². The van der Waals surface area contributed by atoms with Gasteiger partial charge in [0.15, 0.2) is 0 Å². The van der Waals surface area contributed by atoms with Gasteiger partial charge in [-0.25, -0.2) is 0 Å². The molecule has 0 aliphatic carbocycles. The molecule has 2 nitrogen and oxygen atoms in total. The summed E-state index contributed by atoms with van der Waals surface area (Å²) in [6.07, 6.45) is 4.44. The van der Waals surface area contributed by atoms with Crippen molar-refractivity contribution in [2.75, 3.05) is 6.54 Å². The smallest absolute Gasteiger partial charge is 0.387 e. The van der Waals surface area contributed by atoms with Crippen LogP contribution in [0.1, 0.15) is 51.1 Å². The number of unbranched alkanes of at least 4 members (excludes halogenated alkanes) is 1. The van der Waals surface area contributed by atoms with E-state index in [1.807, 2.05) is 12.1 Å². The second-order valence-corrected chi connectivity index (χ2v) is 4.60. The Morgan fingerprint density at radius 3 is 2.32 bits per heavy atom. The molecule has 1 atom stereocenters. The molecule has 0 radical (unpaired) electrons. The lowest BCUT2D eigenvalue weighted by Crippen LogP contribution is -2.22. The van der Waals surface area contributed by atoms with E-state index >= 15 is 0 Å². The lowest BCUT2D eigenvalue weighted by molar-refractivity contribution is -0.0498. The summed E-state index contributed by atoms with van der Waals surface area (Å²) < 4.78 is 28.5. The van der Waals surface area contributed by atoms with Gasteiger partial charge in [-0.15, -0.1) is 0 Å². The molecule has 19 heavy (non-hydrogen) atoms. The van der Waals surface area contributed by atoms with Crippen LogP contribution in [0.5, 0.6) is 5.75 Å². The van der Waals surface area contributed by atoms with Gasteiger partial charge in [-0.05, 0) is 37.1 Å². The van der Waals surface area contributed by atoms with E-state index in [0.717, 1.165) is 37.8 Å². The van der Waals surface area contributed by atoms with E-state index in [4.69, 9.17) is 0 Å². The molecule has 0 saturated carbocycles. The molecule has 1 N–H and O–H groups in total. The molecule has 1 rings (SSSR count). The number of benzene rings is 1. The number of rotatable bonds is 9. The Morgan fingerprint density at radius 1 is 1.11 bits per heavy atom. The van der Waals surface area contributed by atoms with E-state index < -0.39 is 6.61 Å². The quantitative estimate of drug-likeness (QED) is 0.713. The maximum Gasteiger partial charge on any atom is 0.387 e. The van der Waals surface area contributed by atoms with Gasteiger partial charge in [0.25, 0.3) is 0 Å². The first kappa shape index (κ1) is 15.9. The van der Waals surface area contributed by atoms with Gasteiger partial charge in [0.1, 0.15) is 5.75 Å². The molecule has 0 aliphatic heterocycles. The van der Waals surface area contributed by atoms with E-state index in [0.29, 0.717) is 6.04 Å². The Kier molecular flexibility index (Phi) is 7.41. The molecular weight excluding hydrogens is 248 g/mol. The van der Waals surface area contributed by atoms with Gasteiger partial charge >= 0.3 is 6.61 Å². The molecule has 108 valence electrons. The van der Waals surface area contributed by atoms with Gasteiger partial charge in [-0.2, -0.15) is 8.78 Å². The minimum Gasteiger partial charge on any atom is -0.435 e. The van der Waals surface area contributed by atoms with Crippen molar-refractivity contribution in [3.05, 3.63) is 29.8 Å². The summed E-state index contributed by atoms with van der Waals surface area (Å²) in [5.41, 5.74) is 1.13. The fourth-order valence-corrected chi connectivity index (χ4v) is 1.99. The fourth-order valence-electron chi connectivity index (χ4n) is 1.99. The first-order valence-corrected chi connectivity index (χ1v) is 6.95. The molecule has 0 amide bonds. The standard InChI is InChI=1S/C15H23F2NO/c1-3-5-6-14(18-11-4-2)12-7-9-13(10-8-12)19-15(16)17/h7-10,14-15,18H,3-6,11H2,1-2H3. The van der Waals surface area contributed by atoms with Crippen LogP contribution in [-0.2, 0) is 0 Å². The Hall–Kier alpha value is -1.16. The highest BCUT2D eigenvalue weighted by Gasteiger charge is 2.11. The molecule has 4 heteroatoms. The number of alkyl halides is 2. The largest absolute Gasteiger partial charge is 0.435 e. The summed E-state index contributed by atoms with van der Waals surface area (Å²) in [5, 5.41) is 3.49. The number of ether oxygens (including phenoxy) is 1. The van der Waals surface area contributed by atoms with E-state index in [-0.39, 0.29) is 5.75 Å². The van der Waals surface area contributed by atoms with Gasteiger partial charge < -0.3 is 10.1 Å². The summed E-state index contributed by atoms with van der Waals surface area (Å²) in [4.78, 5) is 0. The molecule has 1 aromatic carbocycles. The van der Waals surface area contributed by atoms with Crippen LogP contribution < -0.4 is 10.1 Å². The van der Waals surface area contributed by atoms with Crippen LogP contribution in [-0.4, -0.2) is 13.2 Å². The summed E-state index contributed by atoms with van der Waals surface area (Å²) in [5.74, 6) is 0.212. The SMILES string of the molecule is CCCCC(NCCC)c1ccc(OC(F)F)cc1. The fraction of sp³-hybridized carbons (Fsp3) is 0.600. The lowest BCUT2D eigenvalue weighted by Gasteiger charge is -2.19. The maximum absolute atomic E-state index is 12.1. The van der Waals surface area contributed by atoms with Crippen LogP contribution in [0.3, 0.4) is 0 Å². The van der Waals surface area contributed by atoms with Crippen molar-refractivity contribution in [3.63, 3.8) is 0 Å². The molecule has 0 fully saturated rings. The van der Waals surface area contributed by atoms with Gasteiger partial charge in [0.05, 0.1) is 0 Å². The van der Waals surface area contributed by atoms with Crippen LogP contribution in [0, 0.1) is 0 Å². The second-order valence-electron chi connectivity index (χ2n) is 4.60. The third kappa shape index (κ3) is 6.01. The highest BCUT2D eigenvalue weighted by atomic mass is 19.3. The minimum atomic E-state index is -2.76. The zero-order chi connectivity index (χ0) is 14.1. The minimum absolute atomic E-state index is 0.212. The molecule has 0 spiro atoms. The van der Waals surface area contributed by atoms with E-state index in [1.54, 1.807) is 12.1 Å². The third-order valence-corrected chi connectivity index (χ3v) is 2.99. The van der Waals surface area contributed by atoms with Crippen molar-refractivity contribution in [3.8, 4) is 5.75 Å². The molecule has 0 aliphatic rings. The first-order valence-electron chi connectivity index (χ1n) is 6.95. The molecule has 1 aromatic rings. The Labute approximate surface area is 114 Å². The van der Waals surface area contributed by atoms with Gasteiger partial charge in [0, 0.05) is 6.04 Å². The molecule has 1 unspecified atom stereocenters. The van der Waals surface area contributed by atoms with Gasteiger partial charge in [-0.3, -0.25) is 0 Å². The summed E-state index contributed by atoms with van der Waals surface area (Å²) in [6, 6.07) is 7.23. The van der Waals surface area contributed by atoms with Crippen molar-refractivity contribution in [1.82, 2.24) is 5.32 Å². The molecule has 0 heterocycles. The average Bonchev–Trinajstić information content (AvgIpc) is 2.39. The van der Waals surface area contributed by atoms with Crippen molar-refractivity contribution < 1.29 is 13.5 Å². The van der Waals surface area contributed by atoms with Crippen molar-refractivity contribution in [1.29, 1.82) is 0 Å². The zero-order valence-corrected chi connectivity index (χ0v) is 11.7. The lowest BCUT2D eigenvalue weighted by atomic mass is 10.0. The number of hydrogen-bond donors (Lipinski definition) is 1. The summed E-state index contributed by atoms with van der Waals surface area (Å²) >= 11 is 0. The van der Waals surface area contributed by atoms with E-state index in [2.05, 4.69) is 23.9 Å². The van der Waals surface area contributed by atoms with Gasteiger partial charge in [0.2, 0.25) is 0 Å². The highest BCUT2D eigenvalue weighted by molar-refractivity contribution is 5.29. The van der Waals surface area contributed by atoms with Crippen LogP contribution in [0.4, 0.5) is 8.78 Å². The number of halogens is 2. The van der Waals surface area contributed by atoms with Crippen LogP contribution >= 0.6 is 0 Å². The third-order valence-electron chi connectivity index (χ3n) is 2.99. The number of hydrogen-bond acceptors (Lipinski definition) is 2. The Balaban J connectivity index is 2.66.